The maximum absolute atomic E-state index is 14.7. The molecule has 2 N–H and O–H groups in total. The summed E-state index contributed by atoms with van der Waals surface area (Å²) in [6.45, 7) is 5.05. The summed E-state index contributed by atoms with van der Waals surface area (Å²) in [5, 5.41) is 12.4. The first kappa shape index (κ1) is 29.9. The molecule has 11 heteroatoms. The van der Waals surface area contributed by atoms with Crippen molar-refractivity contribution in [1.82, 2.24) is 9.80 Å². The molecule has 0 atom stereocenters. The lowest BCUT2D eigenvalue weighted by Gasteiger charge is -2.33. The van der Waals surface area contributed by atoms with Crippen molar-refractivity contribution >= 4 is 52.4 Å². The zero-order chi connectivity index (χ0) is 31.1. The van der Waals surface area contributed by atoms with Crippen LogP contribution in [0.5, 0.6) is 0 Å². The van der Waals surface area contributed by atoms with Crippen molar-refractivity contribution in [2.24, 2.45) is 0 Å². The minimum absolute atomic E-state index is 0.0288. The number of hydrogen-bond donors (Lipinski definition) is 2. The van der Waals surface area contributed by atoms with Crippen molar-refractivity contribution in [3.63, 3.8) is 0 Å². The summed E-state index contributed by atoms with van der Waals surface area (Å²) in [6, 6.07) is 19.5. The first-order valence-corrected chi connectivity index (χ1v) is 14.5. The van der Waals surface area contributed by atoms with Gasteiger partial charge in [0.2, 0.25) is 0 Å². The van der Waals surface area contributed by atoms with Gasteiger partial charge in [0.15, 0.2) is 0 Å². The number of thiophene rings is 1. The van der Waals surface area contributed by atoms with E-state index >= 15 is 0 Å². The third-order valence-electron chi connectivity index (χ3n) is 7.06. The average molecular weight is 620 g/mol. The highest BCUT2D eigenvalue weighted by atomic mass is 35.5. The largest absolute Gasteiger partial charge is 0.465 e. The Morgan fingerprint density at radius 1 is 0.977 bits per heavy atom. The van der Waals surface area contributed by atoms with E-state index in [0.29, 0.717) is 25.9 Å². The van der Waals surface area contributed by atoms with Crippen LogP contribution in [0.15, 0.2) is 72.8 Å². The molecule has 0 aliphatic carbocycles. The molecule has 1 aliphatic rings. The first-order valence-electron chi connectivity index (χ1n) is 13.3. The van der Waals surface area contributed by atoms with E-state index in [9.17, 15) is 28.7 Å². The van der Waals surface area contributed by atoms with E-state index < -0.39 is 35.2 Å². The number of carboxylic acid groups (broad SMARTS) is 1. The summed E-state index contributed by atoms with van der Waals surface area (Å²) in [4.78, 5) is 53.9. The highest BCUT2D eigenvalue weighted by Crippen LogP contribution is 2.33. The molecule has 43 heavy (non-hydrogen) atoms. The number of hydrogen-bond acceptors (Lipinski definition) is 5. The molecule has 0 spiro atoms. The minimum Gasteiger partial charge on any atom is -0.465 e. The first-order chi connectivity index (χ1) is 20.3. The SMILES string of the molecule is CC(C)(C)N(Cc1cc(-c2cccc(CN3C(=O)c4cccc(NC(=O)c5ccc(Cl)s5)c4C3=O)c2)ccc1F)C(=O)O. The van der Waals surface area contributed by atoms with Crippen LogP contribution in [-0.2, 0) is 13.1 Å². The van der Waals surface area contributed by atoms with Crippen LogP contribution in [0.2, 0.25) is 4.34 Å². The van der Waals surface area contributed by atoms with E-state index in [-0.39, 0.29) is 35.5 Å². The van der Waals surface area contributed by atoms with Crippen molar-refractivity contribution in [1.29, 1.82) is 0 Å². The van der Waals surface area contributed by atoms with Gasteiger partial charge in [0.25, 0.3) is 17.7 Å². The van der Waals surface area contributed by atoms with Crippen LogP contribution in [0.1, 0.15) is 62.3 Å². The molecule has 0 saturated carbocycles. The molecule has 3 aromatic carbocycles. The Balaban J connectivity index is 1.38. The number of imide groups is 1. The lowest BCUT2D eigenvalue weighted by atomic mass is 9.99. The average Bonchev–Trinajstić information content (AvgIpc) is 3.49. The van der Waals surface area contributed by atoms with Gasteiger partial charge in [0.05, 0.1) is 39.1 Å². The summed E-state index contributed by atoms with van der Waals surface area (Å²) in [7, 11) is 0. The molecular weight excluding hydrogens is 593 g/mol. The van der Waals surface area contributed by atoms with Crippen molar-refractivity contribution in [2.45, 2.75) is 39.4 Å². The highest BCUT2D eigenvalue weighted by Gasteiger charge is 2.38. The summed E-state index contributed by atoms with van der Waals surface area (Å²) < 4.78 is 15.2. The van der Waals surface area contributed by atoms with Crippen molar-refractivity contribution in [2.75, 3.05) is 5.32 Å². The molecule has 4 aromatic rings. The Morgan fingerprint density at radius 2 is 1.70 bits per heavy atom. The Labute approximate surface area is 256 Å². The second-order valence-corrected chi connectivity index (χ2v) is 12.7. The number of halogens is 2. The molecule has 0 saturated heterocycles. The number of nitrogens with zero attached hydrogens (tertiary/aromatic N) is 2. The molecular formula is C32H27ClFN3O5S. The predicted octanol–water partition coefficient (Wildman–Crippen LogP) is 7.53. The second-order valence-electron chi connectivity index (χ2n) is 11.0. The molecule has 0 bridgehead atoms. The Bertz CT molecular complexity index is 1780. The van der Waals surface area contributed by atoms with Gasteiger partial charge in [-0.25, -0.2) is 9.18 Å². The van der Waals surface area contributed by atoms with Gasteiger partial charge in [-0.2, -0.15) is 0 Å². The van der Waals surface area contributed by atoms with E-state index in [2.05, 4.69) is 5.32 Å². The molecule has 0 fully saturated rings. The van der Waals surface area contributed by atoms with E-state index in [0.717, 1.165) is 16.2 Å². The summed E-state index contributed by atoms with van der Waals surface area (Å²) in [6.07, 6.45) is -1.15. The number of rotatable bonds is 7. The normalized spacial score (nSPS) is 12.8. The third kappa shape index (κ3) is 6.16. The maximum Gasteiger partial charge on any atom is 0.408 e. The standard InChI is InChI=1S/C32H27ClFN3O5S/c1-32(2,3)37(31(41)42)17-21-15-20(10-11-23(21)34)19-7-4-6-18(14-19)16-36-29(39)22-8-5-9-24(27(22)30(36)40)35-28(38)25-12-13-26(33)43-25/h4-15H,16-17H2,1-3H3,(H,35,38)(H,41,42). The van der Waals surface area contributed by atoms with E-state index in [4.69, 9.17) is 11.6 Å². The number of carbonyl (C=O) groups is 4. The Hall–Kier alpha value is -4.54. The van der Waals surface area contributed by atoms with Gasteiger partial charge in [-0.15, -0.1) is 11.3 Å². The molecule has 220 valence electrons. The van der Waals surface area contributed by atoms with Crippen LogP contribution in [0.3, 0.4) is 0 Å². The predicted molar refractivity (Wildman–Crippen MR) is 163 cm³/mol. The zero-order valence-corrected chi connectivity index (χ0v) is 25.1. The van der Waals surface area contributed by atoms with Gasteiger partial charge in [-0.3, -0.25) is 24.2 Å². The van der Waals surface area contributed by atoms with Gasteiger partial charge in [-0.05, 0) is 79.9 Å². The van der Waals surface area contributed by atoms with Crippen LogP contribution in [0.4, 0.5) is 14.9 Å². The fraction of sp³-hybridized carbons (Fsp3) is 0.188. The lowest BCUT2D eigenvalue weighted by Crippen LogP contribution is -2.44. The quantitative estimate of drug-likeness (QED) is 0.208. The van der Waals surface area contributed by atoms with Crippen LogP contribution >= 0.6 is 22.9 Å². The van der Waals surface area contributed by atoms with Gasteiger partial charge in [0.1, 0.15) is 5.82 Å². The number of nitrogens with one attached hydrogen (secondary N) is 1. The van der Waals surface area contributed by atoms with Crippen LogP contribution in [0.25, 0.3) is 11.1 Å². The van der Waals surface area contributed by atoms with Gasteiger partial charge in [-0.1, -0.05) is 41.9 Å². The summed E-state index contributed by atoms with van der Waals surface area (Å²) in [5.41, 5.74) is 2.03. The number of anilines is 1. The van der Waals surface area contributed by atoms with Crippen LogP contribution in [0, 0.1) is 5.82 Å². The van der Waals surface area contributed by atoms with E-state index in [1.807, 2.05) is 6.07 Å². The molecule has 4 amide bonds. The third-order valence-corrected chi connectivity index (χ3v) is 8.29. The zero-order valence-electron chi connectivity index (χ0n) is 23.5. The molecule has 1 aromatic heterocycles. The molecule has 0 radical (unpaired) electrons. The van der Waals surface area contributed by atoms with Gasteiger partial charge < -0.3 is 10.4 Å². The van der Waals surface area contributed by atoms with Crippen LogP contribution in [-0.4, -0.2) is 44.3 Å². The van der Waals surface area contributed by atoms with Gasteiger partial charge >= 0.3 is 6.09 Å². The monoisotopic (exact) mass is 619 g/mol. The maximum atomic E-state index is 14.7. The lowest BCUT2D eigenvalue weighted by molar-refractivity contribution is 0.0642. The summed E-state index contributed by atoms with van der Waals surface area (Å²) in [5.74, 6) is -1.98. The molecule has 8 nitrogen and oxygen atoms in total. The number of carbonyl (C=O) groups excluding carboxylic acids is 3. The Kier molecular flexibility index (Phi) is 8.09. The van der Waals surface area contributed by atoms with Gasteiger partial charge in [0, 0.05) is 11.1 Å². The smallest absolute Gasteiger partial charge is 0.408 e. The number of fused-ring (bicyclic) bond motifs is 1. The number of amides is 4. The molecule has 1 aliphatic heterocycles. The van der Waals surface area contributed by atoms with E-state index in [1.165, 1.54) is 11.0 Å². The highest BCUT2D eigenvalue weighted by molar-refractivity contribution is 7.18. The fourth-order valence-electron chi connectivity index (χ4n) is 4.87. The minimum atomic E-state index is -1.15. The van der Waals surface area contributed by atoms with E-state index in [1.54, 1.807) is 81.4 Å². The Morgan fingerprint density at radius 3 is 2.37 bits per heavy atom. The van der Waals surface area contributed by atoms with Crippen molar-refractivity contribution in [3.8, 4) is 11.1 Å². The van der Waals surface area contributed by atoms with Crippen LogP contribution < -0.4 is 5.32 Å². The molecule has 2 heterocycles. The van der Waals surface area contributed by atoms with Crippen molar-refractivity contribution < 1.29 is 28.7 Å². The number of benzene rings is 3. The molecule has 0 unspecified atom stereocenters. The fourth-order valence-corrected chi connectivity index (χ4v) is 5.81. The summed E-state index contributed by atoms with van der Waals surface area (Å²) >= 11 is 7.04. The second kappa shape index (κ2) is 11.6. The molecule has 5 rings (SSSR count). The van der Waals surface area contributed by atoms with Crippen molar-refractivity contribution in [3.05, 3.63) is 110 Å². The topological polar surface area (TPSA) is 107 Å².